The lowest BCUT2D eigenvalue weighted by molar-refractivity contribution is 0.267. The van der Waals surface area contributed by atoms with Gasteiger partial charge in [0.1, 0.15) is 6.61 Å². The number of nitrogens with zero attached hydrogens (tertiary/aromatic N) is 3. The zero-order valence-corrected chi connectivity index (χ0v) is 24.7. The van der Waals surface area contributed by atoms with Crippen LogP contribution in [0.4, 0.5) is 0 Å². The molecular formula is C30H22Br2ClN3O3. The zero-order valence-electron chi connectivity index (χ0n) is 20.8. The maximum Gasteiger partial charge on any atom is 0.282 e. The fraction of sp³-hybridized carbons (Fsp3) is 0.100. The lowest BCUT2D eigenvalue weighted by Gasteiger charge is -2.17. The molecule has 39 heavy (non-hydrogen) atoms. The average Bonchev–Trinajstić information content (AvgIpc) is 2.96. The predicted octanol–water partition coefficient (Wildman–Crippen LogP) is 8.10. The summed E-state index contributed by atoms with van der Waals surface area (Å²) in [6.45, 7) is 2.59. The van der Waals surface area contributed by atoms with Crippen LogP contribution in [0.2, 0.25) is 5.02 Å². The molecule has 0 unspecified atom stereocenters. The Hall–Kier alpha value is -3.46. The van der Waals surface area contributed by atoms with E-state index in [1.807, 2.05) is 85.8 Å². The fourth-order valence-electron chi connectivity index (χ4n) is 3.99. The Labute approximate surface area is 247 Å². The van der Waals surface area contributed by atoms with Crippen LogP contribution in [0, 0.1) is 0 Å². The van der Waals surface area contributed by atoms with Crippen LogP contribution in [0.5, 0.6) is 11.5 Å². The Balaban J connectivity index is 1.58. The second-order valence-corrected chi connectivity index (χ2v) is 10.4. The average molecular weight is 668 g/mol. The molecule has 4 aromatic carbocycles. The van der Waals surface area contributed by atoms with E-state index in [1.165, 1.54) is 4.68 Å². The molecule has 1 aromatic heterocycles. The van der Waals surface area contributed by atoms with Gasteiger partial charge in [-0.2, -0.15) is 9.78 Å². The highest BCUT2D eigenvalue weighted by Crippen LogP contribution is 2.43. The normalized spacial score (nSPS) is 11.3. The first-order valence-electron chi connectivity index (χ1n) is 12.1. The molecule has 9 heteroatoms. The molecule has 0 saturated heterocycles. The van der Waals surface area contributed by atoms with Crippen molar-refractivity contribution in [2.75, 3.05) is 6.61 Å². The van der Waals surface area contributed by atoms with Crippen LogP contribution in [-0.4, -0.2) is 22.5 Å². The third kappa shape index (κ3) is 5.78. The quantitative estimate of drug-likeness (QED) is 0.157. The third-order valence-electron chi connectivity index (χ3n) is 5.88. The smallest absolute Gasteiger partial charge is 0.282 e. The van der Waals surface area contributed by atoms with Crippen molar-refractivity contribution < 1.29 is 9.47 Å². The van der Waals surface area contributed by atoms with E-state index in [0.717, 1.165) is 11.1 Å². The lowest BCUT2D eigenvalue weighted by atomic mass is 10.2. The molecule has 5 aromatic rings. The molecule has 0 spiro atoms. The molecular weight excluding hydrogens is 646 g/mol. The van der Waals surface area contributed by atoms with E-state index in [1.54, 1.807) is 12.3 Å². The van der Waals surface area contributed by atoms with Crippen molar-refractivity contribution in [1.29, 1.82) is 0 Å². The van der Waals surface area contributed by atoms with Crippen LogP contribution >= 0.6 is 43.5 Å². The van der Waals surface area contributed by atoms with Gasteiger partial charge in [0.2, 0.25) is 0 Å². The minimum atomic E-state index is -0.268. The van der Waals surface area contributed by atoms with Gasteiger partial charge in [-0.15, -0.1) is 0 Å². The van der Waals surface area contributed by atoms with Gasteiger partial charge in [-0.05, 0) is 63.0 Å². The topological polar surface area (TPSA) is 65.7 Å². The molecule has 0 aliphatic carbocycles. The van der Waals surface area contributed by atoms with E-state index in [2.05, 4.69) is 37.0 Å². The molecule has 0 amide bonds. The van der Waals surface area contributed by atoms with Crippen molar-refractivity contribution in [2.45, 2.75) is 13.5 Å². The van der Waals surface area contributed by atoms with Gasteiger partial charge in [0.25, 0.3) is 5.56 Å². The van der Waals surface area contributed by atoms with Gasteiger partial charge in [-0.3, -0.25) is 4.79 Å². The van der Waals surface area contributed by atoms with Crippen LogP contribution in [0.15, 0.2) is 104 Å². The summed E-state index contributed by atoms with van der Waals surface area (Å²) >= 11 is 13.6. The second-order valence-electron chi connectivity index (χ2n) is 8.41. The van der Waals surface area contributed by atoms with Crippen molar-refractivity contribution in [2.24, 2.45) is 5.10 Å². The van der Waals surface area contributed by atoms with Crippen LogP contribution in [0.3, 0.4) is 0 Å². The van der Waals surface area contributed by atoms with Crippen molar-refractivity contribution in [3.8, 4) is 22.9 Å². The first-order valence-corrected chi connectivity index (χ1v) is 14.1. The number of ether oxygens (including phenoxy) is 2. The highest BCUT2D eigenvalue weighted by Gasteiger charge is 2.18. The van der Waals surface area contributed by atoms with Crippen LogP contribution in [0.25, 0.3) is 22.3 Å². The van der Waals surface area contributed by atoms with E-state index >= 15 is 0 Å². The summed E-state index contributed by atoms with van der Waals surface area (Å²) in [4.78, 5) is 18.3. The van der Waals surface area contributed by atoms with Crippen molar-refractivity contribution in [1.82, 2.24) is 9.66 Å². The molecule has 1 heterocycles. The molecule has 0 atom stereocenters. The summed E-state index contributed by atoms with van der Waals surface area (Å²) in [6.07, 6.45) is 1.60. The van der Waals surface area contributed by atoms with Crippen LogP contribution in [0.1, 0.15) is 18.1 Å². The maximum atomic E-state index is 13.5. The number of hydrogen-bond acceptors (Lipinski definition) is 5. The minimum absolute atomic E-state index is 0.261. The summed E-state index contributed by atoms with van der Waals surface area (Å²) in [5.74, 6) is 1.49. The summed E-state index contributed by atoms with van der Waals surface area (Å²) in [7, 11) is 0. The van der Waals surface area contributed by atoms with Gasteiger partial charge in [-0.25, -0.2) is 4.98 Å². The third-order valence-corrected chi connectivity index (χ3v) is 8.40. The molecule has 0 fully saturated rings. The highest BCUT2D eigenvalue weighted by atomic mass is 79.9. The van der Waals surface area contributed by atoms with E-state index in [4.69, 9.17) is 26.1 Å². The van der Waals surface area contributed by atoms with Gasteiger partial charge in [0.05, 0.1) is 28.2 Å². The number of fused-ring (bicyclic) bond motifs is 1. The maximum absolute atomic E-state index is 13.5. The molecule has 6 nitrogen and oxygen atoms in total. The number of hydrogen-bond donors (Lipinski definition) is 0. The van der Waals surface area contributed by atoms with Crippen molar-refractivity contribution >= 4 is 60.6 Å². The Morgan fingerprint density at radius 2 is 1.67 bits per heavy atom. The molecule has 0 radical (unpaired) electrons. The summed E-state index contributed by atoms with van der Waals surface area (Å²) in [5, 5.41) is 5.70. The number of aromatic nitrogens is 2. The molecule has 0 aliphatic rings. The number of para-hydroxylation sites is 1. The molecule has 196 valence electrons. The van der Waals surface area contributed by atoms with E-state index in [9.17, 15) is 4.79 Å². The van der Waals surface area contributed by atoms with E-state index in [-0.39, 0.29) is 12.2 Å². The predicted molar refractivity (Wildman–Crippen MR) is 163 cm³/mol. The Morgan fingerprint density at radius 1 is 0.949 bits per heavy atom. The van der Waals surface area contributed by atoms with E-state index in [0.29, 0.717) is 54.4 Å². The molecule has 5 rings (SSSR count). The number of rotatable bonds is 8. The van der Waals surface area contributed by atoms with Crippen LogP contribution in [-0.2, 0) is 6.61 Å². The van der Waals surface area contributed by atoms with Gasteiger partial charge >= 0.3 is 0 Å². The first kappa shape index (κ1) is 27.1. The Kier molecular flexibility index (Phi) is 8.45. The Bertz CT molecular complexity index is 1740. The minimum Gasteiger partial charge on any atom is -0.490 e. The molecule has 0 saturated carbocycles. The molecule has 0 aliphatic heterocycles. The largest absolute Gasteiger partial charge is 0.490 e. The zero-order chi connectivity index (χ0) is 27.4. The molecule has 0 bridgehead atoms. The van der Waals surface area contributed by atoms with Crippen molar-refractivity contribution in [3.05, 3.63) is 120 Å². The van der Waals surface area contributed by atoms with Crippen molar-refractivity contribution in [3.63, 3.8) is 0 Å². The monoisotopic (exact) mass is 665 g/mol. The van der Waals surface area contributed by atoms with Gasteiger partial charge < -0.3 is 9.47 Å². The van der Waals surface area contributed by atoms with Gasteiger partial charge in [0, 0.05) is 26.2 Å². The fourth-order valence-corrected chi connectivity index (χ4v) is 5.11. The first-order chi connectivity index (χ1) is 19.0. The number of benzene rings is 4. The Morgan fingerprint density at radius 3 is 2.44 bits per heavy atom. The summed E-state index contributed by atoms with van der Waals surface area (Å²) in [6, 6.07) is 26.1. The highest BCUT2D eigenvalue weighted by molar-refractivity contribution is 9.13. The number of halogens is 3. The lowest BCUT2D eigenvalue weighted by Crippen LogP contribution is -2.20. The summed E-state index contributed by atoms with van der Waals surface area (Å²) < 4.78 is 14.7. The van der Waals surface area contributed by atoms with Gasteiger partial charge in [0.15, 0.2) is 17.3 Å². The second kappa shape index (κ2) is 12.2. The van der Waals surface area contributed by atoms with Gasteiger partial charge in [-0.1, -0.05) is 72.3 Å². The standard InChI is InChI=1S/C30H22Br2ClN3O3/c1-2-38-25-16-21(26(31)27(32)28(25)39-18-20-12-6-8-14-23(20)33)17-34-36-29(19-10-4-3-5-11-19)35-24-15-9-7-13-22(24)30(36)37/h3-17H,2,18H2,1H3. The van der Waals surface area contributed by atoms with E-state index < -0.39 is 0 Å². The SMILES string of the molecule is CCOc1cc(C=Nn2c(-c3ccccc3)nc3ccccc3c2=O)c(Br)c(Br)c1OCc1ccccc1Cl. The summed E-state index contributed by atoms with van der Waals surface area (Å²) in [5.41, 5.74) is 2.64. The molecule has 0 N–H and O–H groups in total. The van der Waals surface area contributed by atoms with Crippen LogP contribution < -0.4 is 15.0 Å².